The first-order chi connectivity index (χ1) is 14.5. The van der Waals surface area contributed by atoms with E-state index in [0.717, 1.165) is 17.3 Å². The molecular formula is C19H19NO9S2. The lowest BCUT2D eigenvalue weighted by Gasteiger charge is -2.09. The molecule has 0 aliphatic carbocycles. The molecule has 31 heavy (non-hydrogen) atoms. The van der Waals surface area contributed by atoms with Crippen molar-refractivity contribution in [3.05, 3.63) is 59.7 Å². The van der Waals surface area contributed by atoms with Crippen LogP contribution in [0, 0.1) is 0 Å². The molecule has 1 aliphatic rings. The van der Waals surface area contributed by atoms with Gasteiger partial charge in [0.25, 0.3) is 5.24 Å². The van der Waals surface area contributed by atoms with Crippen molar-refractivity contribution < 1.29 is 41.4 Å². The van der Waals surface area contributed by atoms with Crippen LogP contribution in [0.5, 0.6) is 11.5 Å². The number of carbonyl (C=O) groups excluding carboxylic acids is 3. The molecule has 2 aromatic carbocycles. The van der Waals surface area contributed by atoms with Gasteiger partial charge in [-0.3, -0.25) is 28.8 Å². The van der Waals surface area contributed by atoms with Crippen LogP contribution in [0.2, 0.25) is 0 Å². The number of ether oxygens (including phenoxy) is 2. The number of hydrogen-bond donors (Lipinski definition) is 3. The number of hydrogen-bond acceptors (Lipinski definition) is 8. The second kappa shape index (κ2) is 10.9. The minimum absolute atomic E-state index is 0.0814. The van der Waals surface area contributed by atoms with E-state index in [9.17, 15) is 14.4 Å². The highest BCUT2D eigenvalue weighted by Gasteiger charge is 2.31. The van der Waals surface area contributed by atoms with Crippen LogP contribution in [0.3, 0.4) is 0 Å². The van der Waals surface area contributed by atoms with Gasteiger partial charge in [-0.25, -0.2) is 0 Å². The summed E-state index contributed by atoms with van der Waals surface area (Å²) in [4.78, 5) is 35.0. The summed E-state index contributed by atoms with van der Waals surface area (Å²) in [5, 5.41) is 1.56. The van der Waals surface area contributed by atoms with Crippen LogP contribution in [0.25, 0.3) is 0 Å². The Morgan fingerprint density at radius 1 is 1.10 bits per heavy atom. The number of Topliss-reactive ketones (excluding diaryl/α,β-unsaturated/α-hetero) is 1. The van der Waals surface area contributed by atoms with Crippen molar-refractivity contribution in [2.75, 3.05) is 13.7 Å². The van der Waals surface area contributed by atoms with Gasteiger partial charge in [-0.05, 0) is 36.2 Å². The second-order valence-electron chi connectivity index (χ2n) is 6.12. The van der Waals surface area contributed by atoms with E-state index < -0.39 is 15.6 Å². The number of ketones is 1. The standard InChI is InChI=1S/C19H17NO5S.H2O4S/c1-24-15-4-2-3-13(10-15)16(21)11-25-14-7-5-12(6-8-14)9-17-18(22)20-19(23)26-17;1-5(2,3)4/h2-8,10,17H,9,11H2,1H3,(H,20,22,23);(H2,1,2,3,4). The van der Waals surface area contributed by atoms with Crippen molar-refractivity contribution >= 4 is 39.1 Å². The maximum Gasteiger partial charge on any atom is 0.394 e. The summed E-state index contributed by atoms with van der Waals surface area (Å²) in [6.07, 6.45) is 0.464. The SMILES string of the molecule is COc1cccc(C(=O)COc2ccc(CC3SC(=O)NC3=O)cc2)c1.O=S(=O)(O)O. The molecule has 10 nitrogen and oxygen atoms in total. The molecule has 2 amide bonds. The summed E-state index contributed by atoms with van der Waals surface area (Å²) in [6.45, 7) is -0.0814. The Hall–Kier alpha value is -2.93. The van der Waals surface area contributed by atoms with E-state index >= 15 is 0 Å². The Labute approximate surface area is 182 Å². The number of benzene rings is 2. The lowest BCUT2D eigenvalue weighted by molar-refractivity contribution is -0.118. The van der Waals surface area contributed by atoms with Crippen LogP contribution in [0.4, 0.5) is 4.79 Å². The molecule has 1 atom stereocenters. The van der Waals surface area contributed by atoms with E-state index in [4.69, 9.17) is 27.0 Å². The van der Waals surface area contributed by atoms with E-state index in [1.807, 2.05) is 12.1 Å². The zero-order valence-electron chi connectivity index (χ0n) is 16.2. The fourth-order valence-corrected chi connectivity index (χ4v) is 3.35. The third kappa shape index (κ3) is 8.76. The number of amides is 2. The number of nitrogens with one attached hydrogen (secondary N) is 1. The van der Waals surface area contributed by atoms with Crippen LogP contribution in [-0.4, -0.2) is 53.4 Å². The Balaban J connectivity index is 0.000000614. The van der Waals surface area contributed by atoms with Gasteiger partial charge in [0.15, 0.2) is 12.4 Å². The predicted octanol–water partition coefficient (Wildman–Crippen LogP) is 2.20. The quantitative estimate of drug-likeness (QED) is 0.406. The average Bonchev–Trinajstić information content (AvgIpc) is 3.02. The van der Waals surface area contributed by atoms with Crippen molar-refractivity contribution in [2.45, 2.75) is 11.7 Å². The van der Waals surface area contributed by atoms with E-state index in [2.05, 4.69) is 5.32 Å². The Morgan fingerprint density at radius 2 is 1.74 bits per heavy atom. The van der Waals surface area contributed by atoms with Crippen LogP contribution in [0.1, 0.15) is 15.9 Å². The largest absolute Gasteiger partial charge is 0.497 e. The van der Waals surface area contributed by atoms with Crippen LogP contribution < -0.4 is 14.8 Å². The fraction of sp³-hybridized carbons (Fsp3) is 0.211. The molecule has 3 N–H and O–H groups in total. The molecule has 12 heteroatoms. The molecule has 0 aromatic heterocycles. The summed E-state index contributed by atoms with van der Waals surface area (Å²) < 4.78 is 42.2. The van der Waals surface area contributed by atoms with Gasteiger partial charge >= 0.3 is 10.4 Å². The van der Waals surface area contributed by atoms with Gasteiger partial charge in [-0.1, -0.05) is 36.0 Å². The smallest absolute Gasteiger partial charge is 0.394 e. The number of imide groups is 1. The maximum absolute atomic E-state index is 12.2. The van der Waals surface area contributed by atoms with Crippen molar-refractivity contribution in [3.8, 4) is 11.5 Å². The third-order valence-electron chi connectivity index (χ3n) is 3.87. The molecule has 0 saturated carbocycles. The third-order valence-corrected chi connectivity index (χ3v) is 4.85. The second-order valence-corrected chi connectivity index (χ2v) is 8.19. The molecule has 0 bridgehead atoms. The van der Waals surface area contributed by atoms with Gasteiger partial charge in [0.05, 0.1) is 12.4 Å². The van der Waals surface area contributed by atoms with E-state index in [1.54, 1.807) is 43.5 Å². The van der Waals surface area contributed by atoms with Crippen molar-refractivity contribution in [3.63, 3.8) is 0 Å². The highest BCUT2D eigenvalue weighted by atomic mass is 32.3. The van der Waals surface area contributed by atoms with Gasteiger partial charge in [0.2, 0.25) is 5.91 Å². The zero-order chi connectivity index (χ0) is 23.0. The number of carbonyl (C=O) groups is 3. The van der Waals surface area contributed by atoms with Crippen LogP contribution in [0.15, 0.2) is 48.5 Å². The Morgan fingerprint density at radius 3 is 2.29 bits per heavy atom. The first-order valence-electron chi connectivity index (χ1n) is 8.65. The molecule has 2 aromatic rings. The van der Waals surface area contributed by atoms with E-state index in [1.165, 1.54) is 0 Å². The Bertz CT molecular complexity index is 1040. The fourth-order valence-electron chi connectivity index (χ4n) is 2.49. The zero-order valence-corrected chi connectivity index (χ0v) is 17.8. The first kappa shape index (κ1) is 24.3. The van der Waals surface area contributed by atoms with Gasteiger partial charge in [0.1, 0.15) is 11.5 Å². The molecule has 1 aliphatic heterocycles. The lowest BCUT2D eigenvalue weighted by Crippen LogP contribution is -2.25. The van der Waals surface area contributed by atoms with Gasteiger partial charge in [-0.15, -0.1) is 0 Å². The molecule has 1 unspecified atom stereocenters. The average molecular weight is 469 g/mol. The highest BCUT2D eigenvalue weighted by Crippen LogP contribution is 2.24. The molecular weight excluding hydrogens is 450 g/mol. The van der Waals surface area contributed by atoms with E-state index in [-0.39, 0.29) is 23.5 Å². The minimum atomic E-state index is -4.67. The van der Waals surface area contributed by atoms with Gasteiger partial charge < -0.3 is 9.47 Å². The van der Waals surface area contributed by atoms with Crippen LogP contribution in [-0.2, 0) is 21.6 Å². The highest BCUT2D eigenvalue weighted by molar-refractivity contribution is 8.15. The molecule has 1 heterocycles. The minimum Gasteiger partial charge on any atom is -0.497 e. The summed E-state index contributed by atoms with van der Waals surface area (Å²) in [5.74, 6) is 0.770. The molecule has 3 rings (SSSR count). The summed E-state index contributed by atoms with van der Waals surface area (Å²) in [6, 6.07) is 14.0. The number of methoxy groups -OCH3 is 1. The number of rotatable bonds is 7. The molecule has 1 fully saturated rings. The summed E-state index contributed by atoms with van der Waals surface area (Å²) in [5.41, 5.74) is 1.44. The van der Waals surface area contributed by atoms with Crippen molar-refractivity contribution in [1.82, 2.24) is 5.32 Å². The van der Waals surface area contributed by atoms with Crippen LogP contribution >= 0.6 is 11.8 Å². The van der Waals surface area contributed by atoms with Gasteiger partial charge in [0, 0.05) is 5.56 Å². The van der Waals surface area contributed by atoms with Crippen molar-refractivity contribution in [2.24, 2.45) is 0 Å². The molecule has 166 valence electrons. The summed E-state index contributed by atoms with van der Waals surface area (Å²) in [7, 11) is -3.12. The van der Waals surface area contributed by atoms with Crippen molar-refractivity contribution in [1.29, 1.82) is 0 Å². The lowest BCUT2D eigenvalue weighted by atomic mass is 10.1. The first-order valence-corrected chi connectivity index (χ1v) is 10.9. The predicted molar refractivity (Wildman–Crippen MR) is 112 cm³/mol. The molecule has 0 spiro atoms. The molecule has 1 saturated heterocycles. The summed E-state index contributed by atoms with van der Waals surface area (Å²) >= 11 is 1.00. The monoisotopic (exact) mass is 469 g/mol. The maximum atomic E-state index is 12.2. The van der Waals surface area contributed by atoms with E-state index in [0.29, 0.717) is 23.5 Å². The topological polar surface area (TPSA) is 156 Å². The number of thioether (sulfide) groups is 1. The van der Waals surface area contributed by atoms with Gasteiger partial charge in [-0.2, -0.15) is 8.42 Å². The Kier molecular flexibility index (Phi) is 8.56. The molecule has 0 radical (unpaired) electrons. The normalized spacial score (nSPS) is 15.5.